The molecule has 5 heteroatoms. The van der Waals surface area contributed by atoms with Crippen LogP contribution < -0.4 is 0 Å². The molecule has 1 atom stereocenters. The molecule has 0 aliphatic carbocycles. The Morgan fingerprint density at radius 3 is 2.70 bits per heavy atom. The van der Waals surface area contributed by atoms with Gasteiger partial charge in [-0.3, -0.25) is 9.69 Å². The van der Waals surface area contributed by atoms with Crippen LogP contribution in [-0.2, 0) is 11.3 Å². The van der Waals surface area contributed by atoms with Crippen molar-refractivity contribution >= 4 is 5.91 Å². The van der Waals surface area contributed by atoms with E-state index >= 15 is 0 Å². The molecule has 126 valence electrons. The number of hydrogen-bond acceptors (Lipinski definition) is 3. The third-order valence-electron chi connectivity index (χ3n) is 5.29. The molecule has 2 fully saturated rings. The van der Waals surface area contributed by atoms with Crippen molar-refractivity contribution < 1.29 is 14.3 Å². The van der Waals surface area contributed by atoms with Gasteiger partial charge in [-0.25, -0.2) is 4.39 Å². The van der Waals surface area contributed by atoms with E-state index in [9.17, 15) is 14.3 Å². The number of likely N-dealkylation sites (tertiary alicyclic amines) is 2. The number of hydrogen-bond donors (Lipinski definition) is 1. The monoisotopic (exact) mass is 320 g/mol. The second-order valence-corrected chi connectivity index (χ2v) is 6.76. The Labute approximate surface area is 136 Å². The molecule has 0 radical (unpaired) electrons. The SMILES string of the molecule is Cc1cc(CN2CCCC23CCCN(CCO)C3=O)ccc1F. The Hall–Kier alpha value is -1.46. The van der Waals surface area contributed by atoms with Gasteiger partial charge < -0.3 is 10.0 Å². The minimum atomic E-state index is -0.421. The number of amides is 1. The molecule has 1 aromatic carbocycles. The lowest BCUT2D eigenvalue weighted by atomic mass is 9.85. The molecule has 0 saturated carbocycles. The molecular formula is C18H25FN2O2. The second-order valence-electron chi connectivity index (χ2n) is 6.76. The lowest BCUT2D eigenvalue weighted by Crippen LogP contribution is -2.60. The summed E-state index contributed by atoms with van der Waals surface area (Å²) in [5, 5.41) is 9.18. The molecule has 1 aromatic rings. The summed E-state index contributed by atoms with van der Waals surface area (Å²) < 4.78 is 13.5. The van der Waals surface area contributed by atoms with Crippen LogP contribution in [0.4, 0.5) is 4.39 Å². The number of aliphatic hydroxyl groups excluding tert-OH is 1. The smallest absolute Gasteiger partial charge is 0.243 e. The predicted octanol–water partition coefficient (Wildman–Crippen LogP) is 2.08. The van der Waals surface area contributed by atoms with Crippen LogP contribution in [0, 0.1) is 12.7 Å². The molecular weight excluding hydrogens is 295 g/mol. The van der Waals surface area contributed by atoms with E-state index < -0.39 is 5.54 Å². The van der Waals surface area contributed by atoms with E-state index in [0.29, 0.717) is 18.7 Å². The third kappa shape index (κ3) is 3.00. The van der Waals surface area contributed by atoms with Crippen LogP contribution in [-0.4, -0.2) is 52.6 Å². The van der Waals surface area contributed by atoms with Gasteiger partial charge in [0, 0.05) is 19.6 Å². The first-order valence-electron chi connectivity index (χ1n) is 8.47. The highest BCUT2D eigenvalue weighted by Gasteiger charge is 2.50. The first-order chi connectivity index (χ1) is 11.1. The summed E-state index contributed by atoms with van der Waals surface area (Å²) in [4.78, 5) is 17.0. The largest absolute Gasteiger partial charge is 0.395 e. The van der Waals surface area contributed by atoms with Crippen molar-refractivity contribution in [1.29, 1.82) is 0 Å². The van der Waals surface area contributed by atoms with E-state index in [2.05, 4.69) is 4.90 Å². The fourth-order valence-corrected chi connectivity index (χ4v) is 4.11. The molecule has 2 aliphatic rings. The van der Waals surface area contributed by atoms with Crippen LogP contribution in [0.3, 0.4) is 0 Å². The highest BCUT2D eigenvalue weighted by atomic mass is 19.1. The maximum Gasteiger partial charge on any atom is 0.243 e. The standard InChI is InChI=1S/C18H25FN2O2/c1-14-12-15(4-5-16(14)19)13-21-9-3-7-18(21)6-2-8-20(10-11-22)17(18)23/h4-5,12,22H,2-3,6-11,13H2,1H3. The van der Waals surface area contributed by atoms with Gasteiger partial charge in [-0.05, 0) is 56.3 Å². The van der Waals surface area contributed by atoms with Gasteiger partial charge in [-0.2, -0.15) is 0 Å². The summed E-state index contributed by atoms with van der Waals surface area (Å²) in [6.45, 7) is 4.52. The van der Waals surface area contributed by atoms with E-state index in [1.54, 1.807) is 11.8 Å². The molecule has 23 heavy (non-hydrogen) atoms. The van der Waals surface area contributed by atoms with Gasteiger partial charge in [0.15, 0.2) is 0 Å². The van der Waals surface area contributed by atoms with Gasteiger partial charge >= 0.3 is 0 Å². The van der Waals surface area contributed by atoms with Crippen molar-refractivity contribution in [2.45, 2.75) is 44.7 Å². The fraction of sp³-hybridized carbons (Fsp3) is 0.611. The minimum Gasteiger partial charge on any atom is -0.395 e. The van der Waals surface area contributed by atoms with E-state index in [1.165, 1.54) is 6.07 Å². The normalized spacial score (nSPS) is 25.5. The molecule has 2 aliphatic heterocycles. The average Bonchev–Trinajstić information content (AvgIpc) is 2.92. The highest BCUT2D eigenvalue weighted by molar-refractivity contribution is 5.87. The van der Waals surface area contributed by atoms with Gasteiger partial charge in [0.2, 0.25) is 5.91 Å². The Morgan fingerprint density at radius 1 is 1.26 bits per heavy atom. The summed E-state index contributed by atoms with van der Waals surface area (Å²) in [6.07, 6.45) is 3.76. The molecule has 0 aromatic heterocycles. The number of β-amino-alcohol motifs (C(OH)–C–C–N with tert-alkyl or cyclic N) is 1. The maximum absolute atomic E-state index is 13.5. The molecule has 0 bridgehead atoms. The maximum atomic E-state index is 13.5. The summed E-state index contributed by atoms with van der Waals surface area (Å²) in [7, 11) is 0. The second kappa shape index (κ2) is 6.57. The van der Waals surface area contributed by atoms with Gasteiger partial charge in [0.1, 0.15) is 11.4 Å². The van der Waals surface area contributed by atoms with E-state index in [1.807, 2.05) is 12.1 Å². The Morgan fingerprint density at radius 2 is 2.00 bits per heavy atom. The van der Waals surface area contributed by atoms with Gasteiger partial charge in [0.25, 0.3) is 0 Å². The van der Waals surface area contributed by atoms with Crippen molar-refractivity contribution in [2.24, 2.45) is 0 Å². The zero-order chi connectivity index (χ0) is 16.4. The third-order valence-corrected chi connectivity index (χ3v) is 5.29. The molecule has 2 heterocycles. The number of piperidine rings is 1. The molecule has 3 rings (SSSR count). The van der Waals surface area contributed by atoms with Crippen LogP contribution in [0.15, 0.2) is 18.2 Å². The summed E-state index contributed by atoms with van der Waals surface area (Å²) in [5.41, 5.74) is 1.28. The fourth-order valence-electron chi connectivity index (χ4n) is 4.11. The van der Waals surface area contributed by atoms with Gasteiger partial charge in [0.05, 0.1) is 6.61 Å². The van der Waals surface area contributed by atoms with Crippen LogP contribution in [0.25, 0.3) is 0 Å². The minimum absolute atomic E-state index is 0.0129. The lowest BCUT2D eigenvalue weighted by Gasteiger charge is -2.44. The first-order valence-corrected chi connectivity index (χ1v) is 8.47. The number of nitrogens with zero attached hydrogens (tertiary/aromatic N) is 2. The number of carbonyl (C=O) groups is 1. The number of benzene rings is 1. The van der Waals surface area contributed by atoms with Crippen LogP contribution in [0.5, 0.6) is 0 Å². The number of aliphatic hydroxyl groups is 1. The first kappa shape index (κ1) is 16.4. The van der Waals surface area contributed by atoms with Crippen molar-refractivity contribution in [3.8, 4) is 0 Å². The molecule has 1 unspecified atom stereocenters. The zero-order valence-electron chi connectivity index (χ0n) is 13.7. The number of rotatable bonds is 4. The summed E-state index contributed by atoms with van der Waals surface area (Å²) >= 11 is 0. The van der Waals surface area contributed by atoms with Crippen LogP contribution >= 0.6 is 0 Å². The van der Waals surface area contributed by atoms with Crippen LogP contribution in [0.1, 0.15) is 36.8 Å². The molecule has 1 N–H and O–H groups in total. The highest BCUT2D eigenvalue weighted by Crippen LogP contribution is 2.39. The zero-order valence-corrected chi connectivity index (χ0v) is 13.7. The Kier molecular flexibility index (Phi) is 4.69. The van der Waals surface area contributed by atoms with Crippen molar-refractivity contribution in [3.05, 3.63) is 35.1 Å². The van der Waals surface area contributed by atoms with E-state index in [-0.39, 0.29) is 18.3 Å². The Balaban J connectivity index is 1.81. The van der Waals surface area contributed by atoms with E-state index in [4.69, 9.17) is 0 Å². The van der Waals surface area contributed by atoms with Crippen molar-refractivity contribution in [1.82, 2.24) is 9.80 Å². The van der Waals surface area contributed by atoms with Crippen molar-refractivity contribution in [2.75, 3.05) is 26.2 Å². The van der Waals surface area contributed by atoms with Gasteiger partial charge in [-0.1, -0.05) is 12.1 Å². The lowest BCUT2D eigenvalue weighted by molar-refractivity contribution is -0.148. The predicted molar refractivity (Wildman–Crippen MR) is 86.4 cm³/mol. The molecule has 4 nitrogen and oxygen atoms in total. The van der Waals surface area contributed by atoms with Crippen LogP contribution in [0.2, 0.25) is 0 Å². The van der Waals surface area contributed by atoms with E-state index in [0.717, 1.165) is 44.3 Å². The number of aryl methyl sites for hydroxylation is 1. The molecule has 2 saturated heterocycles. The molecule has 1 amide bonds. The summed E-state index contributed by atoms with van der Waals surface area (Å²) in [6, 6.07) is 5.20. The number of halogens is 1. The quantitative estimate of drug-likeness (QED) is 0.924. The average molecular weight is 320 g/mol. The number of carbonyl (C=O) groups excluding carboxylic acids is 1. The van der Waals surface area contributed by atoms with Crippen molar-refractivity contribution in [3.63, 3.8) is 0 Å². The Bertz CT molecular complexity index is 590. The van der Waals surface area contributed by atoms with Gasteiger partial charge in [-0.15, -0.1) is 0 Å². The summed E-state index contributed by atoms with van der Waals surface area (Å²) in [5.74, 6) is -0.0260. The molecule has 1 spiro atoms. The topological polar surface area (TPSA) is 43.8 Å².